The summed E-state index contributed by atoms with van der Waals surface area (Å²) in [6.07, 6.45) is 7.84. The maximum atomic E-state index is 3.49. The molecule has 4 rings (SSSR count). The molecule has 0 aliphatic rings. The van der Waals surface area contributed by atoms with Gasteiger partial charge in [-0.3, -0.25) is 0 Å². The summed E-state index contributed by atoms with van der Waals surface area (Å²) in [5.74, 6) is 0. The maximum absolute atomic E-state index is 3.49. The predicted octanol–water partition coefficient (Wildman–Crippen LogP) is 4.69. The summed E-state index contributed by atoms with van der Waals surface area (Å²) < 4.78 is 0. The molecule has 0 aliphatic carbocycles. The second-order valence-corrected chi connectivity index (χ2v) is 6.56. The average molecular weight is 344 g/mol. The van der Waals surface area contributed by atoms with E-state index < -0.39 is 0 Å². The molecular formula is C27H20. The first-order valence-electron chi connectivity index (χ1n) is 9.17. The van der Waals surface area contributed by atoms with Crippen LogP contribution in [0.15, 0.2) is 109 Å². The summed E-state index contributed by atoms with van der Waals surface area (Å²) in [7, 11) is 0. The van der Waals surface area contributed by atoms with Crippen molar-refractivity contribution in [3.63, 3.8) is 0 Å². The van der Waals surface area contributed by atoms with E-state index in [0.29, 0.717) is 0 Å². The Balaban J connectivity index is 1.57. The number of benzene rings is 4. The highest BCUT2D eigenvalue weighted by Gasteiger charge is 1.97. The molecule has 0 aromatic heterocycles. The molecule has 0 fully saturated rings. The molecule has 0 saturated heterocycles. The monoisotopic (exact) mass is 344 g/mol. The number of hydrogen-bond donors (Lipinski definition) is 0. The molecule has 4 aromatic rings. The van der Waals surface area contributed by atoms with Crippen molar-refractivity contribution >= 4 is 12.2 Å². The van der Waals surface area contributed by atoms with Gasteiger partial charge < -0.3 is 0 Å². The minimum absolute atomic E-state index is 0.941. The van der Waals surface area contributed by atoms with E-state index in [0.717, 1.165) is 28.0 Å². The molecule has 2 radical (unpaired) electrons. The van der Waals surface area contributed by atoms with Crippen LogP contribution >= 0.6 is 0 Å². The van der Waals surface area contributed by atoms with Gasteiger partial charge in [0.2, 0.25) is 0 Å². The molecule has 4 aromatic carbocycles. The molecule has 0 heterocycles. The van der Waals surface area contributed by atoms with Gasteiger partial charge in [-0.05, 0) is 51.3 Å². The molecule has 0 spiro atoms. The summed E-state index contributed by atoms with van der Waals surface area (Å²) in [4.78, 5) is 0. The Kier molecular flexibility index (Phi) is 5.26. The highest BCUT2D eigenvalue weighted by atomic mass is 14.0. The van der Waals surface area contributed by atoms with Crippen LogP contribution in [0.2, 0.25) is 0 Å². The van der Waals surface area contributed by atoms with E-state index in [2.05, 4.69) is 103 Å². The van der Waals surface area contributed by atoms with Crippen LogP contribution in [0, 0.1) is 0 Å². The highest BCUT2D eigenvalue weighted by Crippen LogP contribution is 2.11. The Morgan fingerprint density at radius 1 is 0.444 bits per heavy atom. The summed E-state index contributed by atoms with van der Waals surface area (Å²) in [6.45, 7) is 0. The van der Waals surface area contributed by atoms with Gasteiger partial charge >= 0.3 is 0 Å². The van der Waals surface area contributed by atoms with E-state index in [-0.39, 0.29) is 0 Å². The summed E-state index contributed by atoms with van der Waals surface area (Å²) >= 11 is 0. The van der Waals surface area contributed by atoms with Crippen molar-refractivity contribution in [2.24, 2.45) is 0 Å². The maximum Gasteiger partial charge on any atom is -0.00256 e. The molecule has 0 N–H and O–H groups in total. The van der Waals surface area contributed by atoms with Crippen LogP contribution in [0.5, 0.6) is 0 Å². The third kappa shape index (κ3) is 4.83. The van der Waals surface area contributed by atoms with Crippen LogP contribution in [0.4, 0.5) is 0 Å². The van der Waals surface area contributed by atoms with E-state index in [1.54, 1.807) is 0 Å². The van der Waals surface area contributed by atoms with E-state index in [4.69, 9.17) is 0 Å². The van der Waals surface area contributed by atoms with Gasteiger partial charge in [-0.2, -0.15) is 0 Å². The minimum Gasteiger partial charge on any atom is -0.0622 e. The normalized spacial score (nSPS) is 10.4. The highest BCUT2D eigenvalue weighted by molar-refractivity contribution is 5.52. The third-order valence-electron chi connectivity index (χ3n) is 4.41. The lowest BCUT2D eigenvalue weighted by Gasteiger charge is -2.03. The quantitative estimate of drug-likeness (QED) is 0.504. The first-order chi connectivity index (χ1) is 13.3. The fourth-order valence-corrected chi connectivity index (χ4v) is 3.08. The van der Waals surface area contributed by atoms with Crippen molar-refractivity contribution in [1.82, 2.24) is 0 Å². The van der Waals surface area contributed by atoms with Crippen molar-refractivity contribution in [1.29, 1.82) is 0 Å². The van der Waals surface area contributed by atoms with E-state index in [1.807, 2.05) is 18.2 Å². The fourth-order valence-electron chi connectivity index (χ4n) is 3.08. The van der Waals surface area contributed by atoms with Gasteiger partial charge in [0.05, 0.1) is 0 Å². The Morgan fingerprint density at radius 3 is 1.63 bits per heavy atom. The van der Waals surface area contributed by atoms with Gasteiger partial charge in [0.25, 0.3) is 0 Å². The van der Waals surface area contributed by atoms with Gasteiger partial charge in [-0.15, -0.1) is 0 Å². The lowest BCUT2D eigenvalue weighted by molar-refractivity contribution is 1.19. The fraction of sp³-hybridized carbons (Fsp3) is 0.0370. The minimum atomic E-state index is 0.941. The summed E-state index contributed by atoms with van der Waals surface area (Å²) in [5.41, 5.74) is 4.82. The van der Waals surface area contributed by atoms with Gasteiger partial charge in [-0.1, -0.05) is 109 Å². The molecule has 0 bridgehead atoms. The van der Waals surface area contributed by atoms with Crippen LogP contribution in [0.1, 0.15) is 22.3 Å². The zero-order chi connectivity index (χ0) is 18.3. The van der Waals surface area contributed by atoms with Crippen molar-refractivity contribution in [3.8, 4) is 0 Å². The molecule has 0 nitrogen and oxygen atoms in total. The van der Waals surface area contributed by atoms with Crippen molar-refractivity contribution in [2.45, 2.75) is 6.42 Å². The van der Waals surface area contributed by atoms with Crippen molar-refractivity contribution in [3.05, 3.63) is 142 Å². The second-order valence-electron chi connectivity index (χ2n) is 6.56. The molecule has 0 aliphatic heterocycles. The van der Waals surface area contributed by atoms with E-state index >= 15 is 0 Å². The van der Waals surface area contributed by atoms with Gasteiger partial charge in [0, 0.05) is 0 Å². The number of rotatable bonds is 4. The van der Waals surface area contributed by atoms with Crippen LogP contribution in [0.25, 0.3) is 12.2 Å². The zero-order valence-corrected chi connectivity index (χ0v) is 15.1. The Labute approximate surface area is 160 Å². The van der Waals surface area contributed by atoms with Gasteiger partial charge in [-0.25, -0.2) is 0 Å². The third-order valence-corrected chi connectivity index (χ3v) is 4.41. The second kappa shape index (κ2) is 8.33. The molecule has 0 saturated carbocycles. The van der Waals surface area contributed by atoms with Crippen LogP contribution in [-0.2, 0) is 6.42 Å². The molecule has 0 heteroatoms. The van der Waals surface area contributed by atoms with Crippen LogP contribution < -0.4 is 10.4 Å². The Hall–Kier alpha value is -3.38. The molecule has 27 heavy (non-hydrogen) atoms. The van der Waals surface area contributed by atoms with Crippen molar-refractivity contribution in [2.75, 3.05) is 0 Å². The average Bonchev–Trinajstić information content (AvgIpc) is 2.71. The number of hydrogen-bond acceptors (Lipinski definition) is 0. The summed E-state index contributed by atoms with van der Waals surface area (Å²) in [5, 5.41) is 2.15. The smallest absolute Gasteiger partial charge is 0.00256 e. The first kappa shape index (κ1) is 17.1. The summed E-state index contributed by atoms with van der Waals surface area (Å²) in [6, 6.07) is 37.7. The topological polar surface area (TPSA) is 0 Å². The van der Waals surface area contributed by atoms with Gasteiger partial charge in [0.15, 0.2) is 0 Å². The Morgan fingerprint density at radius 2 is 0.963 bits per heavy atom. The lowest BCUT2D eigenvalue weighted by Crippen LogP contribution is -2.07. The zero-order valence-electron chi connectivity index (χ0n) is 15.1. The molecular weight excluding hydrogens is 324 g/mol. The van der Waals surface area contributed by atoms with Crippen LogP contribution in [-0.4, -0.2) is 0 Å². The van der Waals surface area contributed by atoms with E-state index in [9.17, 15) is 0 Å². The molecule has 0 amide bonds. The van der Waals surface area contributed by atoms with Crippen molar-refractivity contribution < 1.29 is 0 Å². The molecule has 128 valence electrons. The molecule has 0 atom stereocenters. The predicted molar refractivity (Wildman–Crippen MR) is 113 cm³/mol. The lowest BCUT2D eigenvalue weighted by atomic mass is 10.0. The van der Waals surface area contributed by atoms with Gasteiger partial charge in [0.1, 0.15) is 0 Å². The largest absolute Gasteiger partial charge is 0.0622 e. The SMILES string of the molecule is [C](c1ccccc1)=c1ccc(=[C]c2cccc(Cc3ccccc3)c2)cc1. The standard InChI is InChI=1S/C27H20/c1-3-8-22(9-4-1)18-24-14-16-25(17-15-24)20-27-13-7-12-26(21-27)19-23-10-5-2-6-11-23/h1-17,21H,19H2. The molecule has 0 unspecified atom stereocenters. The van der Waals surface area contributed by atoms with E-state index in [1.165, 1.54) is 11.1 Å². The van der Waals surface area contributed by atoms with Crippen LogP contribution in [0.3, 0.4) is 0 Å². The first-order valence-corrected chi connectivity index (χ1v) is 9.17. The Bertz CT molecular complexity index is 1100.